The molecule has 4 heterocycles. The molecule has 1 aliphatic heterocycles. The van der Waals surface area contributed by atoms with Crippen LogP contribution in [0.1, 0.15) is 45.2 Å². The molecule has 0 amide bonds. The first-order chi connectivity index (χ1) is 24.7. The third-order valence-electron chi connectivity index (χ3n) is 9.53. The van der Waals surface area contributed by atoms with E-state index in [2.05, 4.69) is 5.10 Å². The largest absolute Gasteiger partial charge is 0.493 e. The van der Waals surface area contributed by atoms with Crippen LogP contribution >= 0.6 is 23.4 Å². The summed E-state index contributed by atoms with van der Waals surface area (Å²) in [5, 5.41) is 17.8. The fourth-order valence-corrected chi connectivity index (χ4v) is 8.82. The van der Waals surface area contributed by atoms with E-state index in [4.69, 9.17) is 31.3 Å². The van der Waals surface area contributed by atoms with E-state index in [1.807, 2.05) is 42.7 Å². The standard InChI is InChI=1S/C36H37ClFN7O5S2/c1-20-32-30-10-9-28(37)34(32)33-21(2)42(3)41-29(33)18-44(52(39,47)48)17-24-15-25(43(4)40-24)19-51-26-14-22-13-23(38)7-8-27(22)31(16-26)50-12-6-11-45(30)35(20)36(46)49-5/h7-10,13-16H,6,11-12,17-19H2,1-5H3,(H2,39,47,48). The summed E-state index contributed by atoms with van der Waals surface area (Å²) in [7, 11) is 0.664. The van der Waals surface area contributed by atoms with Gasteiger partial charge in [0.2, 0.25) is 0 Å². The molecule has 0 aliphatic carbocycles. The number of rotatable bonds is 2. The third kappa shape index (κ3) is 6.56. The maximum absolute atomic E-state index is 14.4. The van der Waals surface area contributed by atoms with Gasteiger partial charge < -0.3 is 14.0 Å². The maximum Gasteiger partial charge on any atom is 0.354 e. The summed E-state index contributed by atoms with van der Waals surface area (Å²) in [6.07, 6.45) is 0.517. The van der Waals surface area contributed by atoms with Crippen LogP contribution in [0.25, 0.3) is 32.8 Å². The van der Waals surface area contributed by atoms with Gasteiger partial charge >= 0.3 is 5.97 Å². The van der Waals surface area contributed by atoms with Crippen molar-refractivity contribution in [2.75, 3.05) is 13.7 Å². The van der Waals surface area contributed by atoms with Gasteiger partial charge in [-0.25, -0.2) is 14.3 Å². The minimum Gasteiger partial charge on any atom is -0.493 e. The number of fused-ring (bicyclic) bond motifs is 8. The molecular weight excluding hydrogens is 729 g/mol. The number of nitrogens with zero attached hydrogens (tertiary/aromatic N) is 6. The number of aromatic nitrogens is 5. The highest BCUT2D eigenvalue weighted by molar-refractivity contribution is 7.98. The number of hydrogen-bond donors (Lipinski definition) is 1. The van der Waals surface area contributed by atoms with Crippen molar-refractivity contribution in [1.29, 1.82) is 0 Å². The van der Waals surface area contributed by atoms with Crippen molar-refractivity contribution in [3.63, 3.8) is 0 Å². The number of halogens is 2. The third-order valence-corrected chi connectivity index (χ3v) is 11.8. The van der Waals surface area contributed by atoms with Crippen LogP contribution in [0.5, 0.6) is 5.75 Å². The number of methoxy groups -OCH3 is 1. The quantitative estimate of drug-likeness (QED) is 0.200. The molecule has 0 radical (unpaired) electrons. The van der Waals surface area contributed by atoms with Crippen molar-refractivity contribution in [2.45, 2.75) is 50.6 Å². The molecule has 52 heavy (non-hydrogen) atoms. The zero-order valence-corrected chi connectivity index (χ0v) is 31.6. The number of benzene rings is 3. The van der Waals surface area contributed by atoms with Crippen LogP contribution in [-0.4, -0.2) is 56.5 Å². The predicted molar refractivity (Wildman–Crippen MR) is 199 cm³/mol. The normalized spacial score (nSPS) is 14.7. The van der Waals surface area contributed by atoms with Crippen LogP contribution in [-0.2, 0) is 54.4 Å². The molecule has 6 aromatic rings. The number of esters is 1. The molecule has 12 nitrogen and oxygen atoms in total. The van der Waals surface area contributed by atoms with E-state index in [0.717, 1.165) is 31.5 Å². The Bertz CT molecular complexity index is 2510. The SMILES string of the molecule is COC(=O)c1c(C)c2c3c(Cl)ccc2n1CCCOc1cc(cc2cc(F)ccc12)SCc1cc(nn1C)CN(S(N)(=O)=O)Cc1nn(C)c(C)c1-3. The van der Waals surface area contributed by atoms with Gasteiger partial charge in [-0.15, -0.1) is 11.8 Å². The molecule has 16 heteroatoms. The van der Waals surface area contributed by atoms with Crippen LogP contribution in [0, 0.1) is 19.7 Å². The fourth-order valence-electron chi connectivity index (χ4n) is 6.97. The molecule has 0 spiro atoms. The lowest BCUT2D eigenvalue weighted by molar-refractivity contribution is 0.0587. The van der Waals surface area contributed by atoms with E-state index in [-0.39, 0.29) is 18.9 Å². The topological polar surface area (TPSA) is 140 Å². The Morgan fingerprint density at radius 3 is 2.58 bits per heavy atom. The van der Waals surface area contributed by atoms with E-state index in [0.29, 0.717) is 80.6 Å². The Balaban J connectivity index is 1.43. The molecule has 2 N–H and O–H groups in total. The number of ether oxygens (including phenoxy) is 2. The molecule has 7 rings (SSSR count). The Hall–Kier alpha value is -4.41. The Kier molecular flexibility index (Phi) is 9.59. The van der Waals surface area contributed by atoms with Crippen LogP contribution in [0.4, 0.5) is 4.39 Å². The van der Waals surface area contributed by atoms with Gasteiger partial charge in [0.25, 0.3) is 10.2 Å². The van der Waals surface area contributed by atoms with E-state index in [1.54, 1.807) is 35.6 Å². The second-order valence-corrected chi connectivity index (χ2v) is 15.8. The smallest absolute Gasteiger partial charge is 0.354 e. The minimum absolute atomic E-state index is 0.112. The summed E-state index contributed by atoms with van der Waals surface area (Å²) in [6, 6.07) is 13.9. The molecule has 3 aromatic carbocycles. The number of nitrogens with two attached hydrogens (primary N) is 1. The highest BCUT2D eigenvalue weighted by Gasteiger charge is 2.30. The predicted octanol–water partition coefficient (Wildman–Crippen LogP) is 6.40. The molecule has 0 fully saturated rings. The van der Waals surface area contributed by atoms with Gasteiger partial charge in [0.05, 0.1) is 38.2 Å². The average molecular weight is 766 g/mol. The second kappa shape index (κ2) is 13.9. The maximum atomic E-state index is 14.4. The van der Waals surface area contributed by atoms with Crippen molar-refractivity contribution in [3.8, 4) is 16.9 Å². The van der Waals surface area contributed by atoms with Crippen LogP contribution < -0.4 is 9.88 Å². The zero-order valence-electron chi connectivity index (χ0n) is 29.2. The van der Waals surface area contributed by atoms with Gasteiger partial charge in [-0.1, -0.05) is 11.6 Å². The summed E-state index contributed by atoms with van der Waals surface area (Å²) < 4.78 is 58.7. The van der Waals surface area contributed by atoms with Crippen molar-refractivity contribution in [2.24, 2.45) is 19.2 Å². The van der Waals surface area contributed by atoms with Gasteiger partial charge in [0.1, 0.15) is 17.3 Å². The van der Waals surface area contributed by atoms with Crippen LogP contribution in [0.3, 0.4) is 0 Å². The summed E-state index contributed by atoms with van der Waals surface area (Å²) >= 11 is 8.53. The first-order valence-electron chi connectivity index (χ1n) is 16.5. The fraction of sp³-hybridized carbons (Fsp3) is 0.306. The summed E-state index contributed by atoms with van der Waals surface area (Å²) in [5.74, 6) is 0.236. The van der Waals surface area contributed by atoms with E-state index in [1.165, 1.54) is 31.0 Å². The molecule has 0 saturated heterocycles. The summed E-state index contributed by atoms with van der Waals surface area (Å²) in [5.41, 5.74) is 5.52. The average Bonchev–Trinajstić information content (AvgIpc) is 3.69. The monoisotopic (exact) mass is 765 g/mol. The highest BCUT2D eigenvalue weighted by Crippen LogP contribution is 2.43. The van der Waals surface area contributed by atoms with Crippen molar-refractivity contribution >= 4 is 61.2 Å². The molecular formula is C36H37ClFN7O5S2. The van der Waals surface area contributed by atoms with Crippen molar-refractivity contribution in [3.05, 3.63) is 93.4 Å². The second-order valence-electron chi connectivity index (χ2n) is 12.8. The number of carbonyl (C=O) groups excluding carboxylic acids is 1. The molecule has 0 saturated carbocycles. The van der Waals surface area contributed by atoms with Gasteiger partial charge in [-0.05, 0) is 79.7 Å². The van der Waals surface area contributed by atoms with E-state index < -0.39 is 16.2 Å². The number of hydrogen-bond acceptors (Lipinski definition) is 8. The minimum atomic E-state index is -4.24. The first kappa shape index (κ1) is 36.0. The molecule has 8 bridgehead atoms. The van der Waals surface area contributed by atoms with Crippen LogP contribution in [0.15, 0.2) is 53.4 Å². The van der Waals surface area contributed by atoms with Gasteiger partial charge in [-0.3, -0.25) is 9.36 Å². The highest BCUT2D eigenvalue weighted by atomic mass is 35.5. The van der Waals surface area contributed by atoms with Crippen LogP contribution in [0.2, 0.25) is 5.02 Å². The van der Waals surface area contributed by atoms with Gasteiger partial charge in [-0.2, -0.15) is 22.9 Å². The molecule has 272 valence electrons. The lowest BCUT2D eigenvalue weighted by atomic mass is 9.96. The number of thioether (sulfide) groups is 1. The Labute approximate surface area is 309 Å². The summed E-state index contributed by atoms with van der Waals surface area (Å²) in [6.45, 7) is 4.15. The Morgan fingerprint density at radius 2 is 1.83 bits per heavy atom. The zero-order chi connectivity index (χ0) is 37.1. The molecule has 3 aromatic heterocycles. The van der Waals surface area contributed by atoms with Crippen molar-refractivity contribution < 1.29 is 27.1 Å². The lowest BCUT2D eigenvalue weighted by Gasteiger charge is -2.19. The van der Waals surface area contributed by atoms with Crippen molar-refractivity contribution in [1.82, 2.24) is 28.4 Å². The van der Waals surface area contributed by atoms with Gasteiger partial charge in [0, 0.05) is 75.1 Å². The summed E-state index contributed by atoms with van der Waals surface area (Å²) in [4.78, 5) is 14.2. The first-order valence-corrected chi connectivity index (χ1v) is 19.3. The molecule has 0 atom stereocenters. The van der Waals surface area contributed by atoms with E-state index >= 15 is 0 Å². The molecule has 0 unspecified atom stereocenters. The van der Waals surface area contributed by atoms with Gasteiger partial charge in [0.15, 0.2) is 0 Å². The number of aryl methyl sites for hydroxylation is 4. The molecule has 1 aliphatic rings. The van der Waals surface area contributed by atoms with E-state index in [9.17, 15) is 17.6 Å². The lowest BCUT2D eigenvalue weighted by Crippen LogP contribution is -2.36. The number of carbonyl (C=O) groups is 1. The Morgan fingerprint density at radius 1 is 1.04 bits per heavy atom.